The van der Waals surface area contributed by atoms with Crippen molar-refractivity contribution < 1.29 is 9.15 Å². The normalized spacial score (nSPS) is 12.5. The molecule has 0 aliphatic heterocycles. The molecule has 0 radical (unpaired) electrons. The summed E-state index contributed by atoms with van der Waals surface area (Å²) in [6, 6.07) is 11.7. The van der Waals surface area contributed by atoms with Crippen LogP contribution in [0.2, 0.25) is 0 Å². The average Bonchev–Trinajstić information content (AvgIpc) is 2.91. The third-order valence-electron chi connectivity index (χ3n) is 3.43. The first-order valence-electron chi connectivity index (χ1n) is 6.76. The number of hydrogen-bond acceptors (Lipinski definition) is 5. The molecule has 108 valence electrons. The fraction of sp³-hybridized carbons (Fsp3) is 0.250. The van der Waals surface area contributed by atoms with Crippen molar-refractivity contribution in [2.45, 2.75) is 13.0 Å². The van der Waals surface area contributed by atoms with Crippen molar-refractivity contribution in [2.24, 2.45) is 0 Å². The van der Waals surface area contributed by atoms with Crippen molar-refractivity contribution in [2.75, 3.05) is 14.2 Å². The number of nitrogens with one attached hydrogen (secondary N) is 1. The Morgan fingerprint density at radius 1 is 1.14 bits per heavy atom. The summed E-state index contributed by atoms with van der Waals surface area (Å²) in [7, 11) is 3.44. The van der Waals surface area contributed by atoms with Crippen LogP contribution < -0.4 is 10.1 Å². The molecular formula is C16H17N3O2. The monoisotopic (exact) mass is 283 g/mol. The Hall–Kier alpha value is -2.40. The van der Waals surface area contributed by atoms with E-state index < -0.39 is 0 Å². The molecule has 0 saturated heterocycles. The zero-order valence-electron chi connectivity index (χ0n) is 12.3. The van der Waals surface area contributed by atoms with Crippen molar-refractivity contribution in [3.8, 4) is 5.88 Å². The molecule has 5 heteroatoms. The van der Waals surface area contributed by atoms with E-state index in [-0.39, 0.29) is 6.04 Å². The number of rotatable bonds is 4. The lowest BCUT2D eigenvalue weighted by atomic mass is 10.1. The predicted molar refractivity (Wildman–Crippen MR) is 80.4 cm³/mol. The number of fused-ring (bicyclic) bond motifs is 1. The predicted octanol–water partition coefficient (Wildman–Crippen LogP) is 2.85. The molecule has 1 unspecified atom stereocenters. The van der Waals surface area contributed by atoms with E-state index in [1.54, 1.807) is 13.2 Å². The van der Waals surface area contributed by atoms with Gasteiger partial charge in [-0.2, -0.15) is 0 Å². The molecule has 0 saturated carbocycles. The SMILES string of the molecule is CNC(c1ccc(OC)nn1)c1cc2cc(C)ccc2o1. The zero-order valence-corrected chi connectivity index (χ0v) is 12.3. The van der Waals surface area contributed by atoms with Crippen molar-refractivity contribution in [1.82, 2.24) is 15.5 Å². The van der Waals surface area contributed by atoms with Gasteiger partial charge in [0.05, 0.1) is 12.8 Å². The van der Waals surface area contributed by atoms with Gasteiger partial charge in [0.25, 0.3) is 0 Å². The zero-order chi connectivity index (χ0) is 14.8. The number of benzene rings is 1. The first kappa shape index (κ1) is 13.6. The number of hydrogen-bond donors (Lipinski definition) is 1. The van der Waals surface area contributed by atoms with Crippen molar-refractivity contribution in [1.29, 1.82) is 0 Å². The number of aromatic nitrogens is 2. The van der Waals surface area contributed by atoms with Gasteiger partial charge in [-0.05, 0) is 38.2 Å². The molecule has 2 heterocycles. The Kier molecular flexibility index (Phi) is 3.58. The quantitative estimate of drug-likeness (QED) is 0.797. The van der Waals surface area contributed by atoms with Crippen LogP contribution in [-0.2, 0) is 0 Å². The Balaban J connectivity index is 2.00. The lowest BCUT2D eigenvalue weighted by Gasteiger charge is -2.12. The molecule has 0 aliphatic rings. The van der Waals surface area contributed by atoms with Gasteiger partial charge < -0.3 is 14.5 Å². The molecule has 21 heavy (non-hydrogen) atoms. The Morgan fingerprint density at radius 3 is 2.67 bits per heavy atom. The number of aryl methyl sites for hydroxylation is 1. The van der Waals surface area contributed by atoms with Crippen molar-refractivity contribution in [3.63, 3.8) is 0 Å². The summed E-state index contributed by atoms with van der Waals surface area (Å²) in [5.41, 5.74) is 2.87. The fourth-order valence-electron chi connectivity index (χ4n) is 2.35. The van der Waals surface area contributed by atoms with Crippen LogP contribution in [0.15, 0.2) is 40.8 Å². The Morgan fingerprint density at radius 2 is 2.00 bits per heavy atom. The summed E-state index contributed by atoms with van der Waals surface area (Å²) in [5.74, 6) is 1.31. The number of ether oxygens (including phenoxy) is 1. The summed E-state index contributed by atoms with van der Waals surface area (Å²) in [4.78, 5) is 0. The highest BCUT2D eigenvalue weighted by Crippen LogP contribution is 2.28. The van der Waals surface area contributed by atoms with E-state index in [1.807, 2.05) is 31.3 Å². The second-order valence-corrected chi connectivity index (χ2v) is 4.91. The van der Waals surface area contributed by atoms with E-state index in [9.17, 15) is 0 Å². The van der Waals surface area contributed by atoms with Gasteiger partial charge in [-0.1, -0.05) is 11.6 Å². The van der Waals surface area contributed by atoms with Crippen LogP contribution in [-0.4, -0.2) is 24.4 Å². The third kappa shape index (κ3) is 2.60. The first-order valence-corrected chi connectivity index (χ1v) is 6.76. The van der Waals surface area contributed by atoms with Gasteiger partial charge >= 0.3 is 0 Å². The van der Waals surface area contributed by atoms with Gasteiger partial charge in [0.1, 0.15) is 17.4 Å². The standard InChI is InChI=1S/C16H17N3O2/c1-10-4-6-13-11(8-10)9-14(21-13)16(17-2)12-5-7-15(20-3)19-18-12/h4-9,16-17H,1-3H3. The molecule has 1 aromatic carbocycles. The number of methoxy groups -OCH3 is 1. The summed E-state index contributed by atoms with van der Waals surface area (Å²) < 4.78 is 11.0. The average molecular weight is 283 g/mol. The minimum Gasteiger partial charge on any atom is -0.480 e. The van der Waals surface area contributed by atoms with Crippen LogP contribution in [0.25, 0.3) is 11.0 Å². The van der Waals surface area contributed by atoms with E-state index >= 15 is 0 Å². The molecule has 0 amide bonds. The minimum atomic E-state index is -0.142. The van der Waals surface area contributed by atoms with Gasteiger partial charge in [0.2, 0.25) is 5.88 Å². The third-order valence-corrected chi connectivity index (χ3v) is 3.43. The highest BCUT2D eigenvalue weighted by atomic mass is 16.5. The number of furan rings is 1. The van der Waals surface area contributed by atoms with Crippen LogP contribution in [0, 0.1) is 6.92 Å². The maximum absolute atomic E-state index is 5.93. The number of nitrogens with zero attached hydrogens (tertiary/aromatic N) is 2. The van der Waals surface area contributed by atoms with E-state index in [2.05, 4.69) is 28.5 Å². The maximum atomic E-state index is 5.93. The summed E-state index contributed by atoms with van der Waals surface area (Å²) in [6.07, 6.45) is 0. The molecule has 3 aromatic rings. The lowest BCUT2D eigenvalue weighted by Crippen LogP contribution is -2.18. The Labute approximate surface area is 122 Å². The van der Waals surface area contributed by atoms with Crippen molar-refractivity contribution >= 4 is 11.0 Å². The highest BCUT2D eigenvalue weighted by molar-refractivity contribution is 5.78. The molecule has 0 aliphatic carbocycles. The van der Waals surface area contributed by atoms with E-state index in [0.29, 0.717) is 5.88 Å². The molecule has 0 fully saturated rings. The molecule has 0 spiro atoms. The second-order valence-electron chi connectivity index (χ2n) is 4.91. The van der Waals surface area contributed by atoms with Crippen LogP contribution >= 0.6 is 0 Å². The molecule has 2 aromatic heterocycles. The smallest absolute Gasteiger partial charge is 0.233 e. The minimum absolute atomic E-state index is 0.142. The van der Waals surface area contributed by atoms with Gasteiger partial charge in [-0.25, -0.2) is 0 Å². The highest BCUT2D eigenvalue weighted by Gasteiger charge is 2.18. The molecule has 5 nitrogen and oxygen atoms in total. The van der Waals surface area contributed by atoms with Crippen LogP contribution in [0.3, 0.4) is 0 Å². The second kappa shape index (κ2) is 5.54. The topological polar surface area (TPSA) is 60.2 Å². The van der Waals surface area contributed by atoms with E-state index in [4.69, 9.17) is 9.15 Å². The summed E-state index contributed by atoms with van der Waals surface area (Å²) in [6.45, 7) is 2.07. The van der Waals surface area contributed by atoms with E-state index in [0.717, 1.165) is 22.4 Å². The summed E-state index contributed by atoms with van der Waals surface area (Å²) >= 11 is 0. The molecule has 1 N–H and O–H groups in total. The molecule has 1 atom stereocenters. The molecule has 0 bridgehead atoms. The lowest BCUT2D eigenvalue weighted by molar-refractivity contribution is 0.389. The fourth-order valence-corrected chi connectivity index (χ4v) is 2.35. The molecule has 3 rings (SSSR count). The summed E-state index contributed by atoms with van der Waals surface area (Å²) in [5, 5.41) is 12.5. The Bertz CT molecular complexity index is 750. The van der Waals surface area contributed by atoms with Crippen LogP contribution in [0.4, 0.5) is 0 Å². The van der Waals surface area contributed by atoms with Crippen LogP contribution in [0.1, 0.15) is 23.1 Å². The van der Waals surface area contributed by atoms with Gasteiger partial charge in [0, 0.05) is 11.5 Å². The first-order chi connectivity index (χ1) is 10.2. The maximum Gasteiger partial charge on any atom is 0.233 e. The van der Waals surface area contributed by atoms with Crippen LogP contribution in [0.5, 0.6) is 5.88 Å². The largest absolute Gasteiger partial charge is 0.480 e. The van der Waals surface area contributed by atoms with Gasteiger partial charge in [-0.15, -0.1) is 10.2 Å². The van der Waals surface area contributed by atoms with Gasteiger partial charge in [0.15, 0.2) is 0 Å². The van der Waals surface area contributed by atoms with Gasteiger partial charge in [-0.3, -0.25) is 0 Å². The van der Waals surface area contributed by atoms with Crippen molar-refractivity contribution in [3.05, 3.63) is 53.4 Å². The van der Waals surface area contributed by atoms with E-state index in [1.165, 1.54) is 5.56 Å². The molecular weight excluding hydrogens is 266 g/mol.